The Kier molecular flexibility index (Phi) is 7.91. The average Bonchev–Trinajstić information content (AvgIpc) is 2.48. The first-order valence-corrected chi connectivity index (χ1v) is 7.42. The summed E-state index contributed by atoms with van der Waals surface area (Å²) in [5, 5.41) is 29.0. The molecule has 1 heterocycles. The van der Waals surface area contributed by atoms with Crippen molar-refractivity contribution in [1.29, 1.82) is 0 Å². The fourth-order valence-corrected chi connectivity index (χ4v) is 2.35. The van der Waals surface area contributed by atoms with Gasteiger partial charge < -0.3 is 35.3 Å². The zero-order valence-corrected chi connectivity index (χ0v) is 12.6. The van der Waals surface area contributed by atoms with E-state index in [0.717, 1.165) is 6.29 Å². The van der Waals surface area contributed by atoms with Crippen molar-refractivity contribution in [3.8, 4) is 0 Å². The smallest absolute Gasteiger partial charge is 0.220 e. The van der Waals surface area contributed by atoms with Crippen LogP contribution in [0.4, 0.5) is 0 Å². The molecule has 1 aliphatic rings. The van der Waals surface area contributed by atoms with Gasteiger partial charge in [0.1, 0.15) is 24.6 Å². The molecule has 0 radical (unpaired) electrons. The molecule has 8 heteroatoms. The molecule has 0 aromatic carbocycles. The lowest BCUT2D eigenvalue weighted by molar-refractivity contribution is -0.293. The second-order valence-electron chi connectivity index (χ2n) is 5.54. The Balaban J connectivity index is 2.40. The first-order chi connectivity index (χ1) is 10.4. The number of hydrogen-bond donors (Lipinski definition) is 4. The summed E-state index contributed by atoms with van der Waals surface area (Å²) in [6.45, 7) is 1.66. The molecular formula is C14H25NO7. The molecule has 8 nitrogen and oxygen atoms in total. The summed E-state index contributed by atoms with van der Waals surface area (Å²) in [7, 11) is 0. The van der Waals surface area contributed by atoms with Gasteiger partial charge in [0, 0.05) is 12.3 Å². The van der Waals surface area contributed by atoms with Gasteiger partial charge in [0.05, 0.1) is 12.7 Å². The predicted octanol–water partition coefficient (Wildman–Crippen LogP) is -1.31. The summed E-state index contributed by atoms with van der Waals surface area (Å²) >= 11 is 0. The van der Waals surface area contributed by atoms with Crippen LogP contribution in [0.3, 0.4) is 0 Å². The molecule has 0 saturated carbocycles. The Morgan fingerprint density at radius 3 is 2.55 bits per heavy atom. The third kappa shape index (κ3) is 5.29. The van der Waals surface area contributed by atoms with Crippen molar-refractivity contribution in [2.75, 3.05) is 6.61 Å². The number of amides is 1. The monoisotopic (exact) mass is 319 g/mol. The first-order valence-electron chi connectivity index (χ1n) is 7.42. The molecule has 1 unspecified atom stereocenters. The maximum atomic E-state index is 11.3. The third-order valence-electron chi connectivity index (χ3n) is 3.83. The number of hydrogen-bond acceptors (Lipinski definition) is 7. The van der Waals surface area contributed by atoms with E-state index in [-0.39, 0.29) is 6.61 Å². The molecule has 128 valence electrons. The molecule has 1 saturated heterocycles. The highest BCUT2D eigenvalue weighted by Gasteiger charge is 2.42. The maximum Gasteiger partial charge on any atom is 0.220 e. The van der Waals surface area contributed by atoms with Gasteiger partial charge in [0.2, 0.25) is 5.91 Å². The number of primary amides is 1. The minimum absolute atomic E-state index is 0.103. The van der Waals surface area contributed by atoms with Crippen molar-refractivity contribution in [2.24, 2.45) is 11.7 Å². The highest BCUT2D eigenvalue weighted by molar-refractivity contribution is 5.76. The fraction of sp³-hybridized carbons (Fsp3) is 0.857. The third-order valence-corrected chi connectivity index (χ3v) is 3.83. The largest absolute Gasteiger partial charge is 0.388 e. The van der Waals surface area contributed by atoms with Crippen LogP contribution in [0.15, 0.2) is 0 Å². The SMILES string of the molecule is C[C@@H]1O[C@@H](OCCC(CCCC=O)C(N)=O)[C@@H](O)[C@H](O)[C@@H]1O. The topological polar surface area (TPSA) is 139 Å². The van der Waals surface area contributed by atoms with Crippen molar-refractivity contribution in [3.05, 3.63) is 0 Å². The van der Waals surface area contributed by atoms with Crippen LogP contribution in [-0.4, -0.2) is 64.8 Å². The molecule has 0 bridgehead atoms. The summed E-state index contributed by atoms with van der Waals surface area (Å²) in [5.74, 6) is -0.892. The van der Waals surface area contributed by atoms with Gasteiger partial charge in [-0.15, -0.1) is 0 Å². The van der Waals surface area contributed by atoms with Gasteiger partial charge in [-0.3, -0.25) is 4.79 Å². The summed E-state index contributed by atoms with van der Waals surface area (Å²) in [4.78, 5) is 21.6. The van der Waals surface area contributed by atoms with Gasteiger partial charge >= 0.3 is 0 Å². The molecule has 5 N–H and O–H groups in total. The number of carbonyl (C=O) groups is 2. The summed E-state index contributed by atoms with van der Waals surface area (Å²) in [6.07, 6.45) is -3.11. The second-order valence-corrected chi connectivity index (χ2v) is 5.54. The predicted molar refractivity (Wildman–Crippen MR) is 75.5 cm³/mol. The van der Waals surface area contributed by atoms with E-state index in [9.17, 15) is 24.9 Å². The lowest BCUT2D eigenvalue weighted by Crippen LogP contribution is -2.57. The summed E-state index contributed by atoms with van der Waals surface area (Å²) in [5.41, 5.74) is 5.29. The Hall–Kier alpha value is -1.06. The molecule has 0 aromatic rings. The Morgan fingerprint density at radius 2 is 1.95 bits per heavy atom. The van der Waals surface area contributed by atoms with E-state index in [4.69, 9.17) is 15.2 Å². The standard InChI is InChI=1S/C14H25NO7/c1-8-10(17)11(18)12(19)14(22-8)21-7-5-9(13(15)20)4-2-3-6-16/h6,8-12,14,17-19H,2-5,7H2,1H3,(H2,15,20)/t8-,9?,10+,11+,12-,14+/m0/s1. The molecule has 1 aliphatic heterocycles. The lowest BCUT2D eigenvalue weighted by atomic mass is 9.98. The van der Waals surface area contributed by atoms with Crippen molar-refractivity contribution >= 4 is 12.2 Å². The second kappa shape index (κ2) is 9.16. The van der Waals surface area contributed by atoms with Crippen LogP contribution in [0.2, 0.25) is 0 Å². The minimum atomic E-state index is -1.37. The van der Waals surface area contributed by atoms with Crippen molar-refractivity contribution in [1.82, 2.24) is 0 Å². The molecule has 1 fully saturated rings. The van der Waals surface area contributed by atoms with Crippen LogP contribution in [0, 0.1) is 5.92 Å². The van der Waals surface area contributed by atoms with Gasteiger partial charge in [0.25, 0.3) is 0 Å². The quantitative estimate of drug-likeness (QED) is 0.305. The van der Waals surface area contributed by atoms with Gasteiger partial charge in [0.15, 0.2) is 6.29 Å². The molecule has 0 spiro atoms. The molecule has 0 aliphatic carbocycles. The molecule has 22 heavy (non-hydrogen) atoms. The zero-order chi connectivity index (χ0) is 16.7. The highest BCUT2D eigenvalue weighted by Crippen LogP contribution is 2.22. The van der Waals surface area contributed by atoms with E-state index in [1.54, 1.807) is 6.92 Å². The Labute approximate surface area is 129 Å². The van der Waals surface area contributed by atoms with E-state index in [0.29, 0.717) is 25.7 Å². The number of ether oxygens (including phenoxy) is 2. The zero-order valence-electron chi connectivity index (χ0n) is 12.6. The van der Waals surface area contributed by atoms with Crippen LogP contribution in [-0.2, 0) is 19.1 Å². The molecular weight excluding hydrogens is 294 g/mol. The molecule has 1 amide bonds. The minimum Gasteiger partial charge on any atom is -0.388 e. The lowest BCUT2D eigenvalue weighted by Gasteiger charge is -2.39. The van der Waals surface area contributed by atoms with Crippen molar-refractivity contribution in [3.63, 3.8) is 0 Å². The van der Waals surface area contributed by atoms with Crippen LogP contribution < -0.4 is 5.73 Å². The molecule has 1 rings (SSSR count). The van der Waals surface area contributed by atoms with Gasteiger partial charge in [-0.2, -0.15) is 0 Å². The van der Waals surface area contributed by atoms with Crippen molar-refractivity contribution < 1.29 is 34.4 Å². The van der Waals surface area contributed by atoms with Crippen LogP contribution >= 0.6 is 0 Å². The van der Waals surface area contributed by atoms with E-state index >= 15 is 0 Å². The Bertz CT molecular complexity index is 365. The number of unbranched alkanes of at least 4 members (excludes halogenated alkanes) is 1. The Morgan fingerprint density at radius 1 is 1.27 bits per heavy atom. The summed E-state index contributed by atoms with van der Waals surface area (Å²) < 4.78 is 10.6. The van der Waals surface area contributed by atoms with E-state index in [1.807, 2.05) is 0 Å². The van der Waals surface area contributed by atoms with Crippen LogP contribution in [0.25, 0.3) is 0 Å². The number of nitrogens with two attached hydrogens (primary N) is 1. The normalized spacial score (nSPS) is 33.4. The fourth-order valence-electron chi connectivity index (χ4n) is 2.35. The van der Waals surface area contributed by atoms with Crippen LogP contribution in [0.1, 0.15) is 32.6 Å². The number of rotatable bonds is 9. The number of aldehydes is 1. The van der Waals surface area contributed by atoms with Gasteiger partial charge in [-0.25, -0.2) is 0 Å². The molecule has 6 atom stereocenters. The number of aliphatic hydroxyl groups excluding tert-OH is 3. The highest BCUT2D eigenvalue weighted by atomic mass is 16.7. The average molecular weight is 319 g/mol. The van der Waals surface area contributed by atoms with Crippen molar-refractivity contribution in [2.45, 2.75) is 63.3 Å². The number of carbonyl (C=O) groups excluding carboxylic acids is 2. The number of aliphatic hydroxyl groups is 3. The van der Waals surface area contributed by atoms with Gasteiger partial charge in [-0.05, 0) is 26.2 Å². The van der Waals surface area contributed by atoms with E-state index < -0.39 is 42.5 Å². The van der Waals surface area contributed by atoms with Crippen LogP contribution in [0.5, 0.6) is 0 Å². The van der Waals surface area contributed by atoms with E-state index in [1.165, 1.54) is 0 Å². The summed E-state index contributed by atoms with van der Waals surface area (Å²) in [6, 6.07) is 0. The van der Waals surface area contributed by atoms with E-state index in [2.05, 4.69) is 0 Å². The first kappa shape index (κ1) is 19.0. The maximum absolute atomic E-state index is 11.3. The molecule has 0 aromatic heterocycles. The van der Waals surface area contributed by atoms with Gasteiger partial charge in [-0.1, -0.05) is 0 Å².